The number of fused-ring (bicyclic) bond motifs is 1. The Kier molecular flexibility index (Phi) is 4.26. The lowest BCUT2D eigenvalue weighted by molar-refractivity contribution is 0.0624. The first-order valence-corrected chi connectivity index (χ1v) is 6.47. The van der Waals surface area contributed by atoms with Crippen molar-refractivity contribution in [1.29, 1.82) is 0 Å². The van der Waals surface area contributed by atoms with E-state index in [1.807, 2.05) is 31.2 Å². The van der Waals surface area contributed by atoms with Gasteiger partial charge in [-0.1, -0.05) is 24.6 Å². The molecule has 1 aromatic rings. The molecule has 1 aromatic carbocycles. The average molecular weight is 247 g/mol. The van der Waals surface area contributed by atoms with Crippen molar-refractivity contribution in [2.24, 2.45) is 0 Å². The second-order valence-corrected chi connectivity index (χ2v) is 4.74. The third-order valence-electron chi connectivity index (χ3n) is 3.01. The van der Waals surface area contributed by atoms with E-state index in [0.717, 1.165) is 30.0 Å². The van der Waals surface area contributed by atoms with Gasteiger partial charge in [-0.25, -0.2) is 0 Å². The fourth-order valence-electron chi connectivity index (χ4n) is 2.21. The fraction of sp³-hybridized carbons (Fsp3) is 0.467. The molecule has 1 heterocycles. The summed E-state index contributed by atoms with van der Waals surface area (Å²) < 4.78 is 11.8. The van der Waals surface area contributed by atoms with Crippen LogP contribution >= 0.6 is 0 Å². The molecule has 1 aliphatic rings. The van der Waals surface area contributed by atoms with Crippen LogP contribution in [0, 0.1) is 0 Å². The summed E-state index contributed by atoms with van der Waals surface area (Å²) in [5.74, 6) is 1.66. The quantitative estimate of drug-likeness (QED) is 0.812. The molecule has 0 saturated heterocycles. The second kappa shape index (κ2) is 5.91. The number of likely N-dealkylation sites (N-methyl/N-ethyl adjacent to an activating group) is 1. The molecule has 1 aliphatic heterocycles. The largest absolute Gasteiger partial charge is 0.486 e. The molecule has 0 fully saturated rings. The second-order valence-electron chi connectivity index (χ2n) is 4.74. The number of hydrogen-bond donors (Lipinski definition) is 1. The molecular formula is C15H21NO2. The van der Waals surface area contributed by atoms with Crippen molar-refractivity contribution in [3.05, 3.63) is 36.4 Å². The van der Waals surface area contributed by atoms with Gasteiger partial charge in [-0.2, -0.15) is 0 Å². The monoisotopic (exact) mass is 247 g/mol. The molecule has 0 spiro atoms. The number of nitrogens with one attached hydrogen (secondary N) is 1. The first-order valence-electron chi connectivity index (χ1n) is 6.47. The molecule has 0 radical (unpaired) electrons. The average Bonchev–Trinajstić information content (AvgIpc) is 2.37. The van der Waals surface area contributed by atoms with Crippen LogP contribution < -0.4 is 14.8 Å². The summed E-state index contributed by atoms with van der Waals surface area (Å²) in [5, 5.41) is 3.45. The van der Waals surface area contributed by atoms with E-state index >= 15 is 0 Å². The summed E-state index contributed by atoms with van der Waals surface area (Å²) in [7, 11) is 0. The van der Waals surface area contributed by atoms with Gasteiger partial charge in [-0.3, -0.25) is 0 Å². The molecule has 98 valence electrons. The van der Waals surface area contributed by atoms with Crippen LogP contribution in [0.5, 0.6) is 11.5 Å². The zero-order valence-electron chi connectivity index (χ0n) is 11.1. The Bertz CT molecular complexity index is 417. The van der Waals surface area contributed by atoms with Gasteiger partial charge in [0.15, 0.2) is 11.5 Å². The number of benzene rings is 1. The standard InChI is InChI=1S/C15H21NO2/c1-4-16-12(9-11(2)3)15-10-17-13-7-5-6-8-14(13)18-15/h5-8,12,15-16H,2,4,9-10H2,1,3H3. The molecule has 0 bridgehead atoms. The highest BCUT2D eigenvalue weighted by Gasteiger charge is 2.28. The number of hydrogen-bond acceptors (Lipinski definition) is 3. The number of ether oxygens (including phenoxy) is 2. The third kappa shape index (κ3) is 3.05. The van der Waals surface area contributed by atoms with E-state index in [2.05, 4.69) is 18.8 Å². The Hall–Kier alpha value is -1.48. The Morgan fingerprint density at radius 2 is 2.17 bits per heavy atom. The smallest absolute Gasteiger partial charge is 0.161 e. The Balaban J connectivity index is 2.07. The molecule has 0 aromatic heterocycles. The van der Waals surface area contributed by atoms with Gasteiger partial charge in [-0.05, 0) is 32.0 Å². The van der Waals surface area contributed by atoms with Crippen LogP contribution in [0.1, 0.15) is 20.3 Å². The topological polar surface area (TPSA) is 30.5 Å². The predicted octanol–water partition coefficient (Wildman–Crippen LogP) is 2.77. The number of rotatable bonds is 5. The van der Waals surface area contributed by atoms with Crippen molar-refractivity contribution in [2.45, 2.75) is 32.4 Å². The van der Waals surface area contributed by atoms with E-state index in [1.54, 1.807) is 0 Å². The van der Waals surface area contributed by atoms with Crippen molar-refractivity contribution < 1.29 is 9.47 Å². The van der Waals surface area contributed by atoms with Crippen molar-refractivity contribution >= 4 is 0 Å². The maximum absolute atomic E-state index is 6.02. The summed E-state index contributed by atoms with van der Waals surface area (Å²) in [4.78, 5) is 0. The van der Waals surface area contributed by atoms with Gasteiger partial charge in [0.05, 0.1) is 6.04 Å². The highest BCUT2D eigenvalue weighted by atomic mass is 16.6. The lowest BCUT2D eigenvalue weighted by atomic mass is 10.0. The number of para-hydroxylation sites is 2. The minimum Gasteiger partial charge on any atom is -0.486 e. The Morgan fingerprint density at radius 3 is 2.83 bits per heavy atom. The van der Waals surface area contributed by atoms with Gasteiger partial charge in [-0.15, -0.1) is 6.58 Å². The molecule has 2 rings (SSSR count). The molecule has 3 nitrogen and oxygen atoms in total. The van der Waals surface area contributed by atoms with E-state index in [-0.39, 0.29) is 12.1 Å². The molecule has 3 heteroatoms. The SMILES string of the molecule is C=C(C)CC(NCC)C1COc2ccccc2O1. The van der Waals surface area contributed by atoms with Gasteiger partial charge in [0.25, 0.3) is 0 Å². The van der Waals surface area contributed by atoms with Crippen LogP contribution in [0.25, 0.3) is 0 Å². The van der Waals surface area contributed by atoms with Crippen molar-refractivity contribution in [1.82, 2.24) is 5.32 Å². The first kappa shape index (κ1) is 13.0. The van der Waals surface area contributed by atoms with Crippen LogP contribution in [-0.2, 0) is 0 Å². The normalized spacial score (nSPS) is 19.3. The van der Waals surface area contributed by atoms with Crippen molar-refractivity contribution in [2.75, 3.05) is 13.2 Å². The van der Waals surface area contributed by atoms with Crippen molar-refractivity contribution in [3.8, 4) is 11.5 Å². The van der Waals surface area contributed by atoms with Crippen LogP contribution in [0.2, 0.25) is 0 Å². The van der Waals surface area contributed by atoms with Gasteiger partial charge >= 0.3 is 0 Å². The van der Waals surface area contributed by atoms with Gasteiger partial charge in [0.2, 0.25) is 0 Å². The van der Waals surface area contributed by atoms with Gasteiger partial charge in [0.1, 0.15) is 12.7 Å². The molecule has 18 heavy (non-hydrogen) atoms. The predicted molar refractivity (Wildman–Crippen MR) is 73.2 cm³/mol. The van der Waals surface area contributed by atoms with E-state index in [4.69, 9.17) is 9.47 Å². The van der Waals surface area contributed by atoms with E-state index in [0.29, 0.717) is 6.61 Å². The molecule has 0 aliphatic carbocycles. The highest BCUT2D eigenvalue weighted by Crippen LogP contribution is 2.32. The van der Waals surface area contributed by atoms with E-state index < -0.39 is 0 Å². The molecule has 2 atom stereocenters. The van der Waals surface area contributed by atoms with Crippen LogP contribution in [0.4, 0.5) is 0 Å². The minimum absolute atomic E-state index is 0.0385. The van der Waals surface area contributed by atoms with Crippen LogP contribution in [0.15, 0.2) is 36.4 Å². The summed E-state index contributed by atoms with van der Waals surface area (Å²) in [6.07, 6.45) is 0.945. The lowest BCUT2D eigenvalue weighted by Crippen LogP contribution is -2.47. The molecular weight excluding hydrogens is 226 g/mol. The first-order chi connectivity index (χ1) is 8.70. The summed E-state index contributed by atoms with van der Waals surface area (Å²) in [5.41, 5.74) is 1.16. The summed E-state index contributed by atoms with van der Waals surface area (Å²) in [6, 6.07) is 8.06. The highest BCUT2D eigenvalue weighted by molar-refractivity contribution is 5.40. The Morgan fingerprint density at radius 1 is 1.44 bits per heavy atom. The molecule has 0 saturated carbocycles. The maximum Gasteiger partial charge on any atom is 0.161 e. The van der Waals surface area contributed by atoms with Gasteiger partial charge < -0.3 is 14.8 Å². The van der Waals surface area contributed by atoms with Crippen LogP contribution in [-0.4, -0.2) is 25.3 Å². The molecule has 1 N–H and O–H groups in total. The van der Waals surface area contributed by atoms with Gasteiger partial charge in [0, 0.05) is 0 Å². The zero-order chi connectivity index (χ0) is 13.0. The van der Waals surface area contributed by atoms with E-state index in [1.165, 1.54) is 0 Å². The summed E-state index contributed by atoms with van der Waals surface area (Å²) in [6.45, 7) is 9.63. The Labute approximate surface area is 109 Å². The van der Waals surface area contributed by atoms with Crippen molar-refractivity contribution in [3.63, 3.8) is 0 Å². The molecule has 2 unspecified atom stereocenters. The maximum atomic E-state index is 6.02. The minimum atomic E-state index is 0.0385. The third-order valence-corrected chi connectivity index (χ3v) is 3.01. The fourth-order valence-corrected chi connectivity index (χ4v) is 2.21. The zero-order valence-corrected chi connectivity index (χ0v) is 11.1. The lowest BCUT2D eigenvalue weighted by Gasteiger charge is -2.32. The van der Waals surface area contributed by atoms with Crippen LogP contribution in [0.3, 0.4) is 0 Å². The van der Waals surface area contributed by atoms with E-state index in [9.17, 15) is 0 Å². The summed E-state index contributed by atoms with van der Waals surface area (Å²) >= 11 is 0. The molecule has 0 amide bonds.